The minimum absolute atomic E-state index is 0.118. The number of likely N-dealkylation sites (tertiary alicyclic amines) is 1. The molecule has 6 nitrogen and oxygen atoms in total. The molecule has 35 heavy (non-hydrogen) atoms. The fourth-order valence-electron chi connectivity index (χ4n) is 5.17. The number of anilines is 2. The van der Waals surface area contributed by atoms with Crippen LogP contribution in [0.25, 0.3) is 0 Å². The first-order valence-electron chi connectivity index (χ1n) is 12.2. The van der Waals surface area contributed by atoms with Gasteiger partial charge in [0.2, 0.25) is 0 Å². The predicted octanol–water partition coefficient (Wildman–Crippen LogP) is 5.72. The molecule has 1 aromatic heterocycles. The summed E-state index contributed by atoms with van der Waals surface area (Å²) in [6, 6.07) is 15.7. The fourth-order valence-corrected chi connectivity index (χ4v) is 6.46. The van der Waals surface area contributed by atoms with Crippen LogP contribution in [0.2, 0.25) is 0 Å². The lowest BCUT2D eigenvalue weighted by Crippen LogP contribution is -2.56. The van der Waals surface area contributed by atoms with E-state index in [1.807, 2.05) is 38.4 Å². The third-order valence-corrected chi connectivity index (χ3v) is 8.04. The standard InChI is InChI=1S/C27H32FN5OS/c1-20(2)34-26-9-4-6-22(12-26)17-31-11-10-27(14-21(31)3)18-32(25-15-29-19-30-16-25)35-33(27)24-8-5-7-23(28)13-24/h4-9,12-13,15-16,19-21H,10-11,14,17-18H2,1-3H3/t21-,27+/m0/s1. The first-order valence-corrected chi connectivity index (χ1v) is 12.9. The Labute approximate surface area is 211 Å². The van der Waals surface area contributed by atoms with Crippen molar-refractivity contribution in [1.82, 2.24) is 14.9 Å². The van der Waals surface area contributed by atoms with Crippen molar-refractivity contribution in [3.8, 4) is 5.75 Å². The van der Waals surface area contributed by atoms with Crippen molar-refractivity contribution in [2.24, 2.45) is 0 Å². The molecule has 2 aromatic carbocycles. The van der Waals surface area contributed by atoms with Gasteiger partial charge in [-0.2, -0.15) is 0 Å². The zero-order chi connectivity index (χ0) is 24.4. The Hall–Kier alpha value is -2.84. The van der Waals surface area contributed by atoms with Gasteiger partial charge in [0.05, 0.1) is 54.1 Å². The Bertz CT molecular complexity index is 1150. The van der Waals surface area contributed by atoms with Crippen LogP contribution >= 0.6 is 12.1 Å². The molecule has 0 unspecified atom stereocenters. The van der Waals surface area contributed by atoms with Crippen molar-refractivity contribution in [1.29, 1.82) is 0 Å². The van der Waals surface area contributed by atoms with Crippen molar-refractivity contribution >= 4 is 23.5 Å². The van der Waals surface area contributed by atoms with E-state index in [9.17, 15) is 4.39 Å². The summed E-state index contributed by atoms with van der Waals surface area (Å²) < 4.78 is 24.6. The maximum Gasteiger partial charge on any atom is 0.125 e. The van der Waals surface area contributed by atoms with E-state index >= 15 is 0 Å². The molecule has 184 valence electrons. The summed E-state index contributed by atoms with van der Waals surface area (Å²) in [5, 5.41) is 0. The molecule has 0 N–H and O–H groups in total. The summed E-state index contributed by atoms with van der Waals surface area (Å²) in [6.07, 6.45) is 7.34. The molecule has 1 spiro atoms. The zero-order valence-electron chi connectivity index (χ0n) is 20.5. The fraction of sp³-hybridized carbons (Fsp3) is 0.407. The number of benzene rings is 2. The Morgan fingerprint density at radius 3 is 2.66 bits per heavy atom. The van der Waals surface area contributed by atoms with Crippen LogP contribution in [0.5, 0.6) is 5.75 Å². The zero-order valence-corrected chi connectivity index (χ0v) is 21.3. The van der Waals surface area contributed by atoms with Crippen molar-refractivity contribution in [2.75, 3.05) is 21.7 Å². The topological polar surface area (TPSA) is 44.7 Å². The minimum Gasteiger partial charge on any atom is -0.491 e. The summed E-state index contributed by atoms with van der Waals surface area (Å²) in [5.41, 5.74) is 3.01. The lowest BCUT2D eigenvalue weighted by atomic mass is 9.82. The third-order valence-electron chi connectivity index (χ3n) is 6.75. The van der Waals surface area contributed by atoms with Crippen molar-refractivity contribution in [2.45, 2.75) is 57.8 Å². The molecule has 2 aliphatic heterocycles. The predicted molar refractivity (Wildman–Crippen MR) is 140 cm³/mol. The highest BCUT2D eigenvalue weighted by Gasteiger charge is 2.50. The number of ether oxygens (including phenoxy) is 1. The number of piperidine rings is 1. The molecule has 2 aliphatic rings. The Kier molecular flexibility index (Phi) is 6.84. The Balaban J connectivity index is 1.37. The summed E-state index contributed by atoms with van der Waals surface area (Å²) in [7, 11) is 0. The molecule has 2 saturated heterocycles. The van der Waals surface area contributed by atoms with Gasteiger partial charge in [0.1, 0.15) is 17.9 Å². The molecule has 5 rings (SSSR count). The summed E-state index contributed by atoms with van der Waals surface area (Å²) in [5.74, 6) is 0.706. The van der Waals surface area contributed by atoms with Gasteiger partial charge in [-0.1, -0.05) is 18.2 Å². The van der Waals surface area contributed by atoms with Gasteiger partial charge in [-0.3, -0.25) is 13.5 Å². The van der Waals surface area contributed by atoms with E-state index in [4.69, 9.17) is 4.74 Å². The lowest BCUT2D eigenvalue weighted by Gasteiger charge is -2.47. The molecule has 3 aromatic rings. The van der Waals surface area contributed by atoms with E-state index in [1.165, 1.54) is 11.6 Å². The highest BCUT2D eigenvalue weighted by atomic mass is 32.2. The number of nitrogens with zero attached hydrogens (tertiary/aromatic N) is 5. The van der Waals surface area contributed by atoms with Crippen LogP contribution < -0.4 is 13.3 Å². The van der Waals surface area contributed by atoms with Gasteiger partial charge >= 0.3 is 0 Å². The first kappa shape index (κ1) is 23.9. The van der Waals surface area contributed by atoms with Crippen molar-refractivity contribution < 1.29 is 9.13 Å². The number of halogens is 1. The van der Waals surface area contributed by atoms with Crippen LogP contribution in [0.1, 0.15) is 39.2 Å². The van der Waals surface area contributed by atoms with E-state index in [2.05, 4.69) is 48.6 Å². The van der Waals surface area contributed by atoms with Crippen LogP contribution in [-0.4, -0.2) is 45.6 Å². The van der Waals surface area contributed by atoms with E-state index < -0.39 is 0 Å². The average Bonchev–Trinajstić information content (AvgIpc) is 3.20. The normalized spacial score (nSPS) is 22.8. The molecule has 0 bridgehead atoms. The van der Waals surface area contributed by atoms with Gasteiger partial charge in [-0.15, -0.1) is 0 Å². The molecular weight excluding hydrogens is 461 g/mol. The second-order valence-electron chi connectivity index (χ2n) is 9.80. The SMILES string of the molecule is CC(C)Oc1cccc(CN2CC[C@@]3(C[C@@H]2C)CN(c2cncnc2)SN3c2cccc(F)c2)c1. The van der Waals surface area contributed by atoms with Gasteiger partial charge in [-0.25, -0.2) is 14.4 Å². The average molecular weight is 494 g/mol. The molecule has 0 saturated carbocycles. The van der Waals surface area contributed by atoms with Gasteiger partial charge in [-0.05, 0) is 69.5 Å². The van der Waals surface area contributed by atoms with E-state index in [1.54, 1.807) is 30.6 Å². The van der Waals surface area contributed by atoms with Crippen LogP contribution in [0.4, 0.5) is 15.8 Å². The molecule has 3 heterocycles. The second kappa shape index (κ2) is 10.0. The summed E-state index contributed by atoms with van der Waals surface area (Å²) >= 11 is 1.63. The van der Waals surface area contributed by atoms with Crippen LogP contribution in [0, 0.1) is 5.82 Å². The number of hydrogen-bond acceptors (Lipinski definition) is 7. The smallest absolute Gasteiger partial charge is 0.125 e. The van der Waals surface area contributed by atoms with E-state index in [0.717, 1.165) is 49.6 Å². The van der Waals surface area contributed by atoms with E-state index in [0.29, 0.717) is 6.04 Å². The monoisotopic (exact) mass is 493 g/mol. The van der Waals surface area contributed by atoms with Gasteiger partial charge < -0.3 is 4.74 Å². The van der Waals surface area contributed by atoms with Gasteiger partial charge in [0, 0.05) is 19.1 Å². The van der Waals surface area contributed by atoms with Crippen LogP contribution in [0.3, 0.4) is 0 Å². The maximum absolute atomic E-state index is 14.2. The summed E-state index contributed by atoms with van der Waals surface area (Å²) in [6.45, 7) is 9.08. The van der Waals surface area contributed by atoms with Crippen molar-refractivity contribution in [3.05, 3.63) is 78.6 Å². The summed E-state index contributed by atoms with van der Waals surface area (Å²) in [4.78, 5) is 11.0. The van der Waals surface area contributed by atoms with Gasteiger partial charge in [0.25, 0.3) is 0 Å². The first-order chi connectivity index (χ1) is 16.9. The maximum atomic E-state index is 14.2. The Morgan fingerprint density at radius 2 is 1.91 bits per heavy atom. The molecule has 2 fully saturated rings. The highest BCUT2D eigenvalue weighted by Crippen LogP contribution is 2.48. The quantitative estimate of drug-likeness (QED) is 0.407. The Morgan fingerprint density at radius 1 is 1.11 bits per heavy atom. The highest BCUT2D eigenvalue weighted by molar-refractivity contribution is 8.02. The lowest BCUT2D eigenvalue weighted by molar-refractivity contribution is 0.108. The molecular formula is C27H32FN5OS. The van der Waals surface area contributed by atoms with Gasteiger partial charge in [0.15, 0.2) is 0 Å². The molecule has 0 radical (unpaired) electrons. The third kappa shape index (κ3) is 5.23. The van der Waals surface area contributed by atoms with Crippen LogP contribution in [-0.2, 0) is 6.54 Å². The minimum atomic E-state index is -0.214. The number of rotatable bonds is 6. The van der Waals surface area contributed by atoms with Crippen LogP contribution in [0.15, 0.2) is 67.3 Å². The molecule has 0 aliphatic carbocycles. The number of aromatic nitrogens is 2. The molecule has 0 amide bonds. The van der Waals surface area contributed by atoms with Crippen molar-refractivity contribution in [3.63, 3.8) is 0 Å². The van der Waals surface area contributed by atoms with E-state index in [-0.39, 0.29) is 17.5 Å². The molecule has 2 atom stereocenters. The second-order valence-corrected chi connectivity index (χ2v) is 10.8. The largest absolute Gasteiger partial charge is 0.491 e. The number of hydrogen-bond donors (Lipinski definition) is 0. The molecule has 8 heteroatoms.